The molecule has 5 rings (SSSR count). The Hall–Kier alpha value is -2.86. The summed E-state index contributed by atoms with van der Waals surface area (Å²) in [5.41, 5.74) is 3.76. The molecule has 29 heavy (non-hydrogen) atoms. The van der Waals surface area contributed by atoms with E-state index in [0.717, 1.165) is 36.2 Å². The van der Waals surface area contributed by atoms with E-state index in [1.54, 1.807) is 12.3 Å². The summed E-state index contributed by atoms with van der Waals surface area (Å²) in [5, 5.41) is 0. The normalized spacial score (nSPS) is 22.1. The van der Waals surface area contributed by atoms with Gasteiger partial charge < -0.3 is 4.74 Å². The Bertz CT molecular complexity index is 994. The number of Topliss-reactive ketones (excluding diaryl/α,β-unsaturated/α-hetero) is 2. The number of fused-ring (bicyclic) bond motifs is 1. The molecule has 6 nitrogen and oxygen atoms in total. The number of hydrogen-bond donors (Lipinski definition) is 0. The van der Waals surface area contributed by atoms with Crippen molar-refractivity contribution in [2.75, 3.05) is 19.6 Å². The van der Waals surface area contributed by atoms with Crippen molar-refractivity contribution in [3.63, 3.8) is 0 Å². The van der Waals surface area contributed by atoms with Crippen molar-refractivity contribution in [1.29, 1.82) is 0 Å². The zero-order valence-corrected chi connectivity index (χ0v) is 16.3. The maximum atomic E-state index is 13.4. The van der Waals surface area contributed by atoms with E-state index in [-0.39, 0.29) is 11.6 Å². The molecular formula is C23H23N3O3. The number of aromatic nitrogens is 2. The van der Waals surface area contributed by atoms with Gasteiger partial charge in [-0.05, 0) is 49.5 Å². The minimum absolute atomic E-state index is 0.00606. The van der Waals surface area contributed by atoms with Crippen LogP contribution in [0.15, 0.2) is 36.8 Å². The van der Waals surface area contributed by atoms with Crippen LogP contribution in [0.2, 0.25) is 0 Å². The Kier molecular flexibility index (Phi) is 4.72. The van der Waals surface area contributed by atoms with E-state index in [9.17, 15) is 9.59 Å². The molecule has 1 aromatic heterocycles. The third kappa shape index (κ3) is 3.38. The third-order valence-corrected chi connectivity index (χ3v) is 6.03. The molecule has 1 aromatic carbocycles. The third-order valence-electron chi connectivity index (χ3n) is 6.03. The number of carbonyl (C=O) groups excluding carboxylic acids is 2. The predicted octanol–water partition coefficient (Wildman–Crippen LogP) is 2.93. The van der Waals surface area contributed by atoms with E-state index in [4.69, 9.17) is 4.74 Å². The zero-order chi connectivity index (χ0) is 19.8. The summed E-state index contributed by atoms with van der Waals surface area (Å²) < 4.78 is 6.20. The zero-order valence-electron chi connectivity index (χ0n) is 16.3. The molecule has 2 aliphatic heterocycles. The van der Waals surface area contributed by atoms with Crippen LogP contribution < -0.4 is 0 Å². The van der Waals surface area contributed by atoms with Gasteiger partial charge in [-0.2, -0.15) is 0 Å². The first kappa shape index (κ1) is 18.2. The summed E-state index contributed by atoms with van der Waals surface area (Å²) in [6.45, 7) is 2.61. The van der Waals surface area contributed by atoms with E-state index in [1.165, 1.54) is 25.6 Å². The van der Waals surface area contributed by atoms with Crippen molar-refractivity contribution >= 4 is 22.9 Å². The summed E-state index contributed by atoms with van der Waals surface area (Å²) in [6.07, 6.45) is 7.44. The fourth-order valence-corrected chi connectivity index (χ4v) is 4.52. The number of aryl methyl sites for hydroxylation is 1. The SMILES string of the molecule is O=C1CCc2cc(C3=C(c4ccncn4)OC(CN4CCCCC4)C3=O)ccc21. The maximum absolute atomic E-state index is 13.4. The number of piperidine rings is 1. The minimum atomic E-state index is -0.525. The minimum Gasteiger partial charge on any atom is -0.478 e. The number of carbonyl (C=O) groups is 2. The van der Waals surface area contributed by atoms with Crippen molar-refractivity contribution in [2.24, 2.45) is 0 Å². The Balaban J connectivity index is 1.51. The van der Waals surface area contributed by atoms with E-state index in [0.29, 0.717) is 30.0 Å². The summed E-state index contributed by atoms with van der Waals surface area (Å²) in [7, 11) is 0. The lowest BCUT2D eigenvalue weighted by molar-refractivity contribution is -0.120. The van der Waals surface area contributed by atoms with Gasteiger partial charge in [-0.15, -0.1) is 0 Å². The van der Waals surface area contributed by atoms with Gasteiger partial charge in [-0.25, -0.2) is 9.97 Å². The summed E-state index contributed by atoms with van der Waals surface area (Å²) in [6, 6.07) is 7.45. The summed E-state index contributed by atoms with van der Waals surface area (Å²) in [5.74, 6) is 0.686. The lowest BCUT2D eigenvalue weighted by Crippen LogP contribution is -2.39. The predicted molar refractivity (Wildman–Crippen MR) is 108 cm³/mol. The van der Waals surface area contributed by atoms with E-state index in [2.05, 4.69) is 14.9 Å². The van der Waals surface area contributed by atoms with Gasteiger partial charge in [0, 0.05) is 24.7 Å². The first-order valence-electron chi connectivity index (χ1n) is 10.3. The quantitative estimate of drug-likeness (QED) is 0.801. The molecular weight excluding hydrogens is 366 g/mol. The fourth-order valence-electron chi connectivity index (χ4n) is 4.52. The summed E-state index contributed by atoms with van der Waals surface area (Å²) in [4.78, 5) is 36.0. The van der Waals surface area contributed by atoms with E-state index < -0.39 is 6.10 Å². The molecule has 1 fully saturated rings. The second-order valence-corrected chi connectivity index (χ2v) is 7.93. The van der Waals surface area contributed by atoms with Crippen LogP contribution in [-0.2, 0) is 16.0 Å². The first-order chi connectivity index (χ1) is 14.2. The largest absolute Gasteiger partial charge is 0.478 e. The molecule has 1 atom stereocenters. The number of likely N-dealkylation sites (tertiary alicyclic amines) is 1. The van der Waals surface area contributed by atoms with Crippen LogP contribution in [0, 0.1) is 0 Å². The maximum Gasteiger partial charge on any atom is 0.209 e. The Morgan fingerprint density at radius 3 is 2.72 bits per heavy atom. The molecule has 3 aliphatic rings. The van der Waals surface area contributed by atoms with E-state index in [1.807, 2.05) is 18.2 Å². The number of nitrogens with zero attached hydrogens (tertiary/aromatic N) is 3. The van der Waals surface area contributed by atoms with Crippen molar-refractivity contribution in [3.05, 3.63) is 59.2 Å². The van der Waals surface area contributed by atoms with Crippen LogP contribution in [0.3, 0.4) is 0 Å². The highest BCUT2D eigenvalue weighted by atomic mass is 16.5. The lowest BCUT2D eigenvalue weighted by atomic mass is 9.95. The number of hydrogen-bond acceptors (Lipinski definition) is 6. The lowest BCUT2D eigenvalue weighted by Gasteiger charge is -2.28. The molecule has 0 spiro atoms. The molecule has 1 aliphatic carbocycles. The highest BCUT2D eigenvalue weighted by Gasteiger charge is 2.38. The average Bonchev–Trinajstić information content (AvgIpc) is 3.29. The van der Waals surface area contributed by atoms with Crippen LogP contribution in [-0.4, -0.2) is 52.2 Å². The van der Waals surface area contributed by atoms with Gasteiger partial charge in [0.25, 0.3) is 0 Å². The highest BCUT2D eigenvalue weighted by Crippen LogP contribution is 2.37. The van der Waals surface area contributed by atoms with Crippen molar-refractivity contribution < 1.29 is 14.3 Å². The van der Waals surface area contributed by atoms with Crippen LogP contribution in [0.1, 0.15) is 52.9 Å². The van der Waals surface area contributed by atoms with E-state index >= 15 is 0 Å². The van der Waals surface area contributed by atoms with Gasteiger partial charge in [0.05, 0.1) is 5.57 Å². The Morgan fingerprint density at radius 2 is 1.93 bits per heavy atom. The van der Waals surface area contributed by atoms with Gasteiger partial charge in [0.2, 0.25) is 5.78 Å². The molecule has 3 heterocycles. The molecule has 6 heteroatoms. The van der Waals surface area contributed by atoms with Crippen molar-refractivity contribution in [3.8, 4) is 0 Å². The highest BCUT2D eigenvalue weighted by molar-refractivity contribution is 6.31. The van der Waals surface area contributed by atoms with Gasteiger partial charge in [-0.1, -0.05) is 24.6 Å². The monoisotopic (exact) mass is 389 g/mol. The molecule has 0 saturated carbocycles. The first-order valence-corrected chi connectivity index (χ1v) is 10.3. The van der Waals surface area contributed by atoms with Crippen LogP contribution >= 0.6 is 0 Å². The number of benzene rings is 1. The second kappa shape index (κ2) is 7.52. The van der Waals surface area contributed by atoms with Crippen LogP contribution in [0.4, 0.5) is 0 Å². The molecule has 1 saturated heterocycles. The molecule has 2 aromatic rings. The molecule has 0 radical (unpaired) electrons. The average molecular weight is 389 g/mol. The molecule has 0 N–H and O–H groups in total. The van der Waals surface area contributed by atoms with Gasteiger partial charge >= 0.3 is 0 Å². The van der Waals surface area contributed by atoms with Crippen molar-refractivity contribution in [1.82, 2.24) is 14.9 Å². The van der Waals surface area contributed by atoms with Crippen LogP contribution in [0.25, 0.3) is 11.3 Å². The second-order valence-electron chi connectivity index (χ2n) is 7.93. The Morgan fingerprint density at radius 1 is 1.07 bits per heavy atom. The molecule has 0 bridgehead atoms. The summed E-state index contributed by atoms with van der Waals surface area (Å²) >= 11 is 0. The number of ether oxygens (including phenoxy) is 1. The van der Waals surface area contributed by atoms with Gasteiger partial charge in [0.1, 0.15) is 12.0 Å². The topological polar surface area (TPSA) is 72.4 Å². The Labute approximate surface area is 169 Å². The smallest absolute Gasteiger partial charge is 0.209 e. The number of ketones is 2. The van der Waals surface area contributed by atoms with Gasteiger partial charge in [0.15, 0.2) is 17.6 Å². The fraction of sp³-hybridized carbons (Fsp3) is 0.391. The van der Waals surface area contributed by atoms with Crippen molar-refractivity contribution in [2.45, 2.75) is 38.2 Å². The number of rotatable bonds is 4. The molecule has 148 valence electrons. The molecule has 0 amide bonds. The standard InChI is InChI=1S/C23H23N3O3/c27-19-7-5-15-12-16(4-6-17(15)19)21-22(28)20(13-26-10-2-1-3-11-26)29-23(21)18-8-9-24-14-25-18/h4,6,8-9,12,14,20H,1-3,5,7,10-11,13H2. The van der Waals surface area contributed by atoms with Gasteiger partial charge in [-0.3, -0.25) is 14.5 Å². The van der Waals surface area contributed by atoms with Crippen LogP contribution in [0.5, 0.6) is 0 Å². The molecule has 1 unspecified atom stereocenters.